The number of aryl methyl sites for hydroxylation is 1. The molecule has 0 saturated carbocycles. The summed E-state index contributed by atoms with van der Waals surface area (Å²) < 4.78 is 26.4. The Kier molecular flexibility index (Phi) is 3.04. The number of nitrogens with zero attached hydrogens (tertiary/aromatic N) is 2. The van der Waals surface area contributed by atoms with E-state index in [2.05, 4.69) is 14.9 Å². The molecular weight excluding hydrogens is 252 g/mol. The average molecular weight is 262 g/mol. The van der Waals surface area contributed by atoms with Crippen molar-refractivity contribution in [1.29, 1.82) is 5.26 Å². The van der Waals surface area contributed by atoms with Gasteiger partial charge in [-0.3, -0.25) is 9.82 Å². The van der Waals surface area contributed by atoms with Crippen molar-refractivity contribution < 1.29 is 8.42 Å². The molecule has 1 heterocycles. The fourth-order valence-electron chi connectivity index (χ4n) is 1.43. The SMILES string of the molecule is Cc1[nH]ncc1S(=O)(=O)Nc1ccc(C#N)cc1. The van der Waals surface area contributed by atoms with Gasteiger partial charge in [0.05, 0.1) is 23.5 Å². The van der Waals surface area contributed by atoms with E-state index < -0.39 is 10.0 Å². The van der Waals surface area contributed by atoms with Gasteiger partial charge in [0.25, 0.3) is 10.0 Å². The van der Waals surface area contributed by atoms with Crippen LogP contribution in [0.5, 0.6) is 0 Å². The molecule has 2 aromatic rings. The summed E-state index contributed by atoms with van der Waals surface area (Å²) in [4.78, 5) is 0.104. The third kappa shape index (κ3) is 2.33. The first kappa shape index (κ1) is 12.1. The van der Waals surface area contributed by atoms with Gasteiger partial charge in [0.15, 0.2) is 0 Å². The molecule has 7 heteroatoms. The van der Waals surface area contributed by atoms with Crippen molar-refractivity contribution in [2.45, 2.75) is 11.8 Å². The van der Waals surface area contributed by atoms with Crippen LogP contribution in [0.4, 0.5) is 5.69 Å². The van der Waals surface area contributed by atoms with Crippen molar-refractivity contribution in [3.8, 4) is 6.07 Å². The molecule has 0 spiro atoms. The number of anilines is 1. The minimum Gasteiger partial charge on any atom is -0.281 e. The van der Waals surface area contributed by atoms with Crippen LogP contribution in [0.15, 0.2) is 35.4 Å². The Bertz CT molecular complexity index is 695. The largest absolute Gasteiger partial charge is 0.281 e. The molecule has 0 amide bonds. The Balaban J connectivity index is 2.28. The predicted molar refractivity (Wildman–Crippen MR) is 65.3 cm³/mol. The zero-order valence-electron chi connectivity index (χ0n) is 9.51. The predicted octanol–water partition coefficient (Wildman–Crippen LogP) is 1.39. The molecule has 0 aliphatic heterocycles. The molecule has 0 atom stereocenters. The lowest BCUT2D eigenvalue weighted by Gasteiger charge is -2.06. The van der Waals surface area contributed by atoms with E-state index >= 15 is 0 Å². The third-order valence-corrected chi connectivity index (χ3v) is 3.83. The second-order valence-electron chi connectivity index (χ2n) is 3.65. The van der Waals surface area contributed by atoms with E-state index in [1.54, 1.807) is 19.1 Å². The van der Waals surface area contributed by atoms with Crippen molar-refractivity contribution in [1.82, 2.24) is 10.2 Å². The summed E-state index contributed by atoms with van der Waals surface area (Å²) in [5.74, 6) is 0. The summed E-state index contributed by atoms with van der Waals surface area (Å²) in [5.41, 5.74) is 1.34. The molecule has 2 N–H and O–H groups in total. The van der Waals surface area contributed by atoms with E-state index in [0.717, 1.165) is 0 Å². The van der Waals surface area contributed by atoms with Gasteiger partial charge >= 0.3 is 0 Å². The quantitative estimate of drug-likeness (QED) is 0.873. The molecular formula is C11H10N4O2S. The number of nitrogens with one attached hydrogen (secondary N) is 2. The van der Waals surface area contributed by atoms with Crippen LogP contribution in [0.3, 0.4) is 0 Å². The van der Waals surface area contributed by atoms with Crippen molar-refractivity contribution >= 4 is 15.7 Å². The lowest BCUT2D eigenvalue weighted by molar-refractivity contribution is 0.600. The van der Waals surface area contributed by atoms with E-state index in [1.165, 1.54) is 18.3 Å². The van der Waals surface area contributed by atoms with Gasteiger partial charge in [-0.05, 0) is 31.2 Å². The van der Waals surface area contributed by atoms with Crippen LogP contribution < -0.4 is 4.72 Å². The van der Waals surface area contributed by atoms with E-state index in [1.807, 2.05) is 6.07 Å². The lowest BCUT2D eigenvalue weighted by Crippen LogP contribution is -2.13. The number of aromatic nitrogens is 2. The minimum absolute atomic E-state index is 0.104. The van der Waals surface area contributed by atoms with E-state index in [-0.39, 0.29) is 4.90 Å². The summed E-state index contributed by atoms with van der Waals surface area (Å²) in [5, 5.41) is 14.9. The second kappa shape index (κ2) is 4.50. The highest BCUT2D eigenvalue weighted by Crippen LogP contribution is 2.17. The van der Waals surface area contributed by atoms with Gasteiger partial charge < -0.3 is 0 Å². The molecule has 18 heavy (non-hydrogen) atoms. The summed E-state index contributed by atoms with van der Waals surface area (Å²) >= 11 is 0. The minimum atomic E-state index is -3.65. The number of aromatic amines is 1. The first-order valence-electron chi connectivity index (χ1n) is 5.06. The molecule has 92 valence electrons. The lowest BCUT2D eigenvalue weighted by atomic mass is 10.2. The molecule has 0 unspecified atom stereocenters. The monoisotopic (exact) mass is 262 g/mol. The summed E-state index contributed by atoms with van der Waals surface area (Å²) in [6.45, 7) is 1.63. The molecule has 0 aliphatic rings. The van der Waals surface area contributed by atoms with Gasteiger partial charge in [-0.2, -0.15) is 10.4 Å². The van der Waals surface area contributed by atoms with Gasteiger partial charge in [0, 0.05) is 5.69 Å². The molecule has 0 fully saturated rings. The average Bonchev–Trinajstić information content (AvgIpc) is 2.77. The number of H-pyrrole nitrogens is 1. The highest BCUT2D eigenvalue weighted by Gasteiger charge is 2.18. The van der Waals surface area contributed by atoms with Gasteiger partial charge in [-0.25, -0.2) is 8.42 Å². The van der Waals surface area contributed by atoms with Crippen LogP contribution in [0.25, 0.3) is 0 Å². The Morgan fingerprint density at radius 3 is 2.50 bits per heavy atom. The molecule has 0 radical (unpaired) electrons. The Morgan fingerprint density at radius 1 is 1.33 bits per heavy atom. The number of nitriles is 1. The highest BCUT2D eigenvalue weighted by molar-refractivity contribution is 7.92. The van der Waals surface area contributed by atoms with E-state index in [4.69, 9.17) is 5.26 Å². The number of sulfonamides is 1. The van der Waals surface area contributed by atoms with E-state index in [9.17, 15) is 8.42 Å². The zero-order chi connectivity index (χ0) is 13.2. The zero-order valence-corrected chi connectivity index (χ0v) is 10.3. The van der Waals surface area contributed by atoms with Crippen molar-refractivity contribution in [3.05, 3.63) is 41.7 Å². The maximum absolute atomic E-state index is 12.0. The number of rotatable bonds is 3. The van der Waals surface area contributed by atoms with E-state index in [0.29, 0.717) is 16.9 Å². The highest BCUT2D eigenvalue weighted by atomic mass is 32.2. The smallest absolute Gasteiger partial charge is 0.265 e. The van der Waals surface area contributed by atoms with Gasteiger partial charge in [-0.15, -0.1) is 0 Å². The Labute approximate surface area is 104 Å². The Hall–Kier alpha value is -2.33. The molecule has 6 nitrogen and oxygen atoms in total. The van der Waals surface area contributed by atoms with Gasteiger partial charge in [0.2, 0.25) is 0 Å². The topological polar surface area (TPSA) is 98.6 Å². The van der Waals surface area contributed by atoms with Crippen LogP contribution in [0, 0.1) is 18.3 Å². The fourth-order valence-corrected chi connectivity index (χ4v) is 2.63. The summed E-state index contributed by atoms with van der Waals surface area (Å²) in [7, 11) is -3.65. The Morgan fingerprint density at radius 2 is 2.00 bits per heavy atom. The molecule has 2 rings (SSSR count). The van der Waals surface area contributed by atoms with Crippen LogP contribution in [-0.2, 0) is 10.0 Å². The normalized spacial score (nSPS) is 10.9. The van der Waals surface area contributed by atoms with Crippen LogP contribution >= 0.6 is 0 Å². The maximum atomic E-state index is 12.0. The number of hydrogen-bond acceptors (Lipinski definition) is 4. The maximum Gasteiger partial charge on any atom is 0.265 e. The van der Waals surface area contributed by atoms with Crippen molar-refractivity contribution in [2.75, 3.05) is 4.72 Å². The summed E-state index contributed by atoms with van der Waals surface area (Å²) in [6, 6.07) is 8.11. The molecule has 0 aliphatic carbocycles. The van der Waals surface area contributed by atoms with Crippen LogP contribution in [0.1, 0.15) is 11.3 Å². The van der Waals surface area contributed by atoms with Gasteiger partial charge in [0.1, 0.15) is 4.90 Å². The van der Waals surface area contributed by atoms with Crippen LogP contribution in [-0.4, -0.2) is 18.6 Å². The second-order valence-corrected chi connectivity index (χ2v) is 5.30. The number of benzene rings is 1. The van der Waals surface area contributed by atoms with Crippen molar-refractivity contribution in [3.63, 3.8) is 0 Å². The molecule has 1 aromatic carbocycles. The first-order valence-corrected chi connectivity index (χ1v) is 6.54. The van der Waals surface area contributed by atoms with Crippen molar-refractivity contribution in [2.24, 2.45) is 0 Å². The standard InChI is InChI=1S/C11H10N4O2S/c1-8-11(7-13-14-8)18(16,17)15-10-4-2-9(6-12)3-5-10/h2-5,7,15H,1H3,(H,13,14). The van der Waals surface area contributed by atoms with Crippen LogP contribution in [0.2, 0.25) is 0 Å². The number of hydrogen-bond donors (Lipinski definition) is 2. The molecule has 1 aromatic heterocycles. The van der Waals surface area contributed by atoms with Gasteiger partial charge in [-0.1, -0.05) is 0 Å². The summed E-state index contributed by atoms with van der Waals surface area (Å²) in [6.07, 6.45) is 1.25. The molecule has 0 bridgehead atoms. The third-order valence-electron chi connectivity index (χ3n) is 2.34. The first-order chi connectivity index (χ1) is 8.53. The molecule has 0 saturated heterocycles. The fraction of sp³-hybridized carbons (Fsp3) is 0.0909.